The summed E-state index contributed by atoms with van der Waals surface area (Å²) in [6.07, 6.45) is 5.34. The number of methoxy groups -OCH3 is 2. The van der Waals surface area contributed by atoms with Crippen LogP contribution in [0.5, 0.6) is 0 Å². The van der Waals surface area contributed by atoms with Crippen LogP contribution in [-0.4, -0.2) is 26.3 Å². The fraction of sp³-hybridized carbons (Fsp3) is 0.900. The minimum absolute atomic E-state index is 0.0956. The molecular weight excluding hydrogens is 168 g/mol. The molecule has 76 valence electrons. The lowest BCUT2D eigenvalue weighted by Gasteiger charge is -2.27. The van der Waals surface area contributed by atoms with Crippen molar-refractivity contribution in [1.29, 1.82) is 0 Å². The summed E-state index contributed by atoms with van der Waals surface area (Å²) in [6, 6.07) is 0. The first-order valence-corrected chi connectivity index (χ1v) is 4.86. The molecule has 0 radical (unpaired) electrons. The molecule has 0 aromatic heterocycles. The van der Waals surface area contributed by atoms with Crippen LogP contribution in [-0.2, 0) is 14.3 Å². The van der Waals surface area contributed by atoms with Gasteiger partial charge < -0.3 is 9.47 Å². The molecule has 0 heterocycles. The van der Waals surface area contributed by atoms with Gasteiger partial charge in [-0.15, -0.1) is 0 Å². The highest BCUT2D eigenvalue weighted by molar-refractivity contribution is 5.69. The summed E-state index contributed by atoms with van der Waals surface area (Å²) in [6.45, 7) is 0. The van der Waals surface area contributed by atoms with E-state index in [1.54, 1.807) is 7.11 Å². The Morgan fingerprint density at radius 3 is 2.77 bits per heavy atom. The summed E-state index contributed by atoms with van der Waals surface area (Å²) in [4.78, 5) is 11.0. The SMILES string of the molecule is COC(=O)C[C@@H]1CCC[C@H](OC)C1. The molecule has 2 atom stereocenters. The second-order valence-corrected chi connectivity index (χ2v) is 3.67. The minimum Gasteiger partial charge on any atom is -0.469 e. The molecule has 1 aliphatic rings. The third-order valence-electron chi connectivity index (χ3n) is 2.75. The van der Waals surface area contributed by atoms with Gasteiger partial charge in [0, 0.05) is 13.5 Å². The van der Waals surface area contributed by atoms with Crippen molar-refractivity contribution in [3.63, 3.8) is 0 Å². The van der Waals surface area contributed by atoms with E-state index in [1.807, 2.05) is 0 Å². The van der Waals surface area contributed by atoms with Crippen molar-refractivity contribution in [2.24, 2.45) is 5.92 Å². The first-order valence-electron chi connectivity index (χ1n) is 4.86. The van der Waals surface area contributed by atoms with Crippen molar-refractivity contribution in [2.75, 3.05) is 14.2 Å². The van der Waals surface area contributed by atoms with Crippen LogP contribution >= 0.6 is 0 Å². The Hall–Kier alpha value is -0.570. The molecule has 0 amide bonds. The zero-order chi connectivity index (χ0) is 9.68. The van der Waals surface area contributed by atoms with E-state index in [0.29, 0.717) is 18.4 Å². The summed E-state index contributed by atoms with van der Waals surface area (Å²) in [5.41, 5.74) is 0. The molecule has 1 rings (SSSR count). The second-order valence-electron chi connectivity index (χ2n) is 3.67. The van der Waals surface area contributed by atoms with Crippen molar-refractivity contribution >= 4 is 5.97 Å². The summed E-state index contributed by atoms with van der Waals surface area (Å²) in [5, 5.41) is 0. The molecule has 1 saturated carbocycles. The summed E-state index contributed by atoms with van der Waals surface area (Å²) in [7, 11) is 3.18. The van der Waals surface area contributed by atoms with E-state index in [-0.39, 0.29) is 5.97 Å². The Morgan fingerprint density at radius 1 is 1.38 bits per heavy atom. The van der Waals surface area contributed by atoms with E-state index in [1.165, 1.54) is 13.5 Å². The smallest absolute Gasteiger partial charge is 0.305 e. The van der Waals surface area contributed by atoms with Crippen LogP contribution < -0.4 is 0 Å². The van der Waals surface area contributed by atoms with Crippen LogP contribution in [0.1, 0.15) is 32.1 Å². The van der Waals surface area contributed by atoms with Crippen molar-refractivity contribution in [3.8, 4) is 0 Å². The average molecular weight is 186 g/mol. The van der Waals surface area contributed by atoms with Gasteiger partial charge in [-0.3, -0.25) is 4.79 Å². The summed E-state index contributed by atoms with van der Waals surface area (Å²) < 4.78 is 9.93. The van der Waals surface area contributed by atoms with Crippen LogP contribution in [0, 0.1) is 5.92 Å². The molecule has 0 spiro atoms. The first kappa shape index (κ1) is 10.5. The highest BCUT2D eigenvalue weighted by Crippen LogP contribution is 2.28. The monoisotopic (exact) mass is 186 g/mol. The number of carbonyl (C=O) groups excluding carboxylic acids is 1. The summed E-state index contributed by atoms with van der Waals surface area (Å²) in [5.74, 6) is 0.368. The van der Waals surface area contributed by atoms with Gasteiger partial charge in [0.05, 0.1) is 13.2 Å². The Bertz CT molecular complexity index is 168. The Balaban J connectivity index is 2.29. The van der Waals surface area contributed by atoms with Gasteiger partial charge in [-0.1, -0.05) is 6.42 Å². The van der Waals surface area contributed by atoms with Crippen LogP contribution in [0.3, 0.4) is 0 Å². The number of esters is 1. The highest BCUT2D eigenvalue weighted by Gasteiger charge is 2.23. The van der Waals surface area contributed by atoms with Gasteiger partial charge in [0.2, 0.25) is 0 Å². The fourth-order valence-electron chi connectivity index (χ4n) is 1.96. The van der Waals surface area contributed by atoms with E-state index in [4.69, 9.17) is 4.74 Å². The molecule has 0 unspecified atom stereocenters. The van der Waals surface area contributed by atoms with Gasteiger partial charge in [0.25, 0.3) is 0 Å². The molecule has 13 heavy (non-hydrogen) atoms. The molecule has 3 heteroatoms. The average Bonchev–Trinajstić information content (AvgIpc) is 2.18. The van der Waals surface area contributed by atoms with Crippen LogP contribution in [0.4, 0.5) is 0 Å². The van der Waals surface area contributed by atoms with Gasteiger partial charge in [-0.2, -0.15) is 0 Å². The number of hydrogen-bond donors (Lipinski definition) is 0. The zero-order valence-electron chi connectivity index (χ0n) is 8.41. The van der Waals surface area contributed by atoms with E-state index >= 15 is 0 Å². The maximum atomic E-state index is 11.0. The molecule has 0 saturated heterocycles. The van der Waals surface area contributed by atoms with E-state index in [9.17, 15) is 4.79 Å². The van der Waals surface area contributed by atoms with Gasteiger partial charge in [0.15, 0.2) is 0 Å². The number of hydrogen-bond acceptors (Lipinski definition) is 3. The normalized spacial score (nSPS) is 28.5. The zero-order valence-corrected chi connectivity index (χ0v) is 8.41. The third-order valence-corrected chi connectivity index (χ3v) is 2.75. The minimum atomic E-state index is -0.0956. The maximum Gasteiger partial charge on any atom is 0.305 e. The molecule has 3 nitrogen and oxygen atoms in total. The predicted molar refractivity (Wildman–Crippen MR) is 49.4 cm³/mol. The lowest BCUT2D eigenvalue weighted by Crippen LogP contribution is -2.23. The lowest BCUT2D eigenvalue weighted by atomic mass is 9.85. The Morgan fingerprint density at radius 2 is 2.15 bits per heavy atom. The molecule has 1 aliphatic carbocycles. The summed E-state index contributed by atoms with van der Waals surface area (Å²) >= 11 is 0. The third kappa shape index (κ3) is 3.35. The van der Waals surface area contributed by atoms with E-state index in [2.05, 4.69) is 4.74 Å². The lowest BCUT2D eigenvalue weighted by molar-refractivity contribution is -0.142. The predicted octanol–water partition coefficient (Wildman–Crippen LogP) is 1.75. The van der Waals surface area contributed by atoms with Crippen molar-refractivity contribution in [1.82, 2.24) is 0 Å². The molecule has 0 aromatic rings. The number of ether oxygens (including phenoxy) is 2. The topological polar surface area (TPSA) is 35.5 Å². The number of carbonyl (C=O) groups is 1. The van der Waals surface area contributed by atoms with Gasteiger partial charge in [0.1, 0.15) is 0 Å². The van der Waals surface area contributed by atoms with Crippen LogP contribution in [0.15, 0.2) is 0 Å². The van der Waals surface area contributed by atoms with E-state index in [0.717, 1.165) is 19.3 Å². The van der Waals surface area contributed by atoms with Crippen LogP contribution in [0.25, 0.3) is 0 Å². The molecule has 0 N–H and O–H groups in total. The van der Waals surface area contributed by atoms with E-state index < -0.39 is 0 Å². The quantitative estimate of drug-likeness (QED) is 0.630. The first-order chi connectivity index (χ1) is 6.26. The van der Waals surface area contributed by atoms with Crippen molar-refractivity contribution < 1.29 is 14.3 Å². The molecule has 0 aliphatic heterocycles. The largest absolute Gasteiger partial charge is 0.469 e. The van der Waals surface area contributed by atoms with Crippen molar-refractivity contribution in [3.05, 3.63) is 0 Å². The molecular formula is C10H18O3. The molecule has 0 bridgehead atoms. The van der Waals surface area contributed by atoms with Gasteiger partial charge in [-0.05, 0) is 25.2 Å². The Kier molecular flexibility index (Phi) is 4.22. The Labute approximate surface area is 79.4 Å². The maximum absolute atomic E-state index is 11.0. The standard InChI is InChI=1S/C10H18O3/c1-12-9-5-3-4-8(6-9)7-10(11)13-2/h8-9H,3-7H2,1-2H3/t8-,9+/m1/s1. The number of rotatable bonds is 3. The van der Waals surface area contributed by atoms with Gasteiger partial charge >= 0.3 is 5.97 Å². The molecule has 0 aromatic carbocycles. The second kappa shape index (κ2) is 5.22. The van der Waals surface area contributed by atoms with Crippen molar-refractivity contribution in [2.45, 2.75) is 38.2 Å². The van der Waals surface area contributed by atoms with Crippen LogP contribution in [0.2, 0.25) is 0 Å². The highest BCUT2D eigenvalue weighted by atomic mass is 16.5. The van der Waals surface area contributed by atoms with Gasteiger partial charge in [-0.25, -0.2) is 0 Å². The fourth-order valence-corrected chi connectivity index (χ4v) is 1.96. The molecule has 1 fully saturated rings.